The average Bonchev–Trinajstić information content (AvgIpc) is 1.96. The summed E-state index contributed by atoms with van der Waals surface area (Å²) in [6.07, 6.45) is 0.701. The van der Waals surface area contributed by atoms with Crippen LogP contribution in [0.25, 0.3) is 0 Å². The first kappa shape index (κ1) is 12.9. The van der Waals surface area contributed by atoms with Gasteiger partial charge in [0.15, 0.2) is 0 Å². The van der Waals surface area contributed by atoms with Crippen LogP contribution in [0.1, 0.15) is 34.1 Å². The van der Waals surface area contributed by atoms with E-state index in [-0.39, 0.29) is 10.7 Å². The van der Waals surface area contributed by atoms with Gasteiger partial charge in [-0.15, -0.1) is 0 Å². The van der Waals surface area contributed by atoms with Crippen LogP contribution in [0.15, 0.2) is 0 Å². The zero-order chi connectivity index (χ0) is 10.7. The normalized spacial score (nSPS) is 16.8. The lowest BCUT2D eigenvalue weighted by molar-refractivity contribution is -0.132. The van der Waals surface area contributed by atoms with Crippen LogP contribution in [0.2, 0.25) is 0 Å². The summed E-state index contributed by atoms with van der Waals surface area (Å²) in [4.78, 5) is 11.4. The van der Waals surface area contributed by atoms with Gasteiger partial charge in [0.1, 0.15) is 0 Å². The molecule has 0 spiro atoms. The number of hydrogen-bond donors (Lipinski definition) is 0. The van der Waals surface area contributed by atoms with Crippen molar-refractivity contribution < 1.29 is 9.53 Å². The van der Waals surface area contributed by atoms with Crippen molar-refractivity contribution in [1.29, 1.82) is 0 Å². The van der Waals surface area contributed by atoms with Gasteiger partial charge in [0.25, 0.3) is 0 Å². The lowest BCUT2D eigenvalue weighted by Crippen LogP contribution is -2.44. The molecule has 0 fully saturated rings. The second kappa shape index (κ2) is 4.43. The van der Waals surface area contributed by atoms with Crippen molar-refractivity contribution in [3.63, 3.8) is 0 Å². The van der Waals surface area contributed by atoms with E-state index in [2.05, 4.69) is 0 Å². The van der Waals surface area contributed by atoms with Crippen molar-refractivity contribution in [2.24, 2.45) is 10.8 Å². The van der Waals surface area contributed by atoms with Gasteiger partial charge >= 0.3 is 0 Å². The molecule has 0 radical (unpaired) electrons. The van der Waals surface area contributed by atoms with E-state index in [4.69, 9.17) is 16.3 Å². The van der Waals surface area contributed by atoms with Crippen LogP contribution in [0, 0.1) is 10.8 Å². The summed E-state index contributed by atoms with van der Waals surface area (Å²) in [5.41, 5.74) is -0.736. The highest BCUT2D eigenvalue weighted by molar-refractivity contribution is 6.64. The molecule has 0 rings (SSSR count). The zero-order valence-electron chi connectivity index (χ0n) is 9.11. The Balaban J connectivity index is 4.98. The summed E-state index contributed by atoms with van der Waals surface area (Å²) in [6.45, 7) is 8.38. The molecule has 0 N–H and O–H groups in total. The molecule has 2 nitrogen and oxygen atoms in total. The largest absolute Gasteiger partial charge is 0.384 e. The molecule has 1 atom stereocenters. The van der Waals surface area contributed by atoms with E-state index in [0.29, 0.717) is 13.0 Å². The molecule has 0 amide bonds. The molecule has 0 heterocycles. The quantitative estimate of drug-likeness (QED) is 0.662. The molecule has 0 aliphatic carbocycles. The van der Waals surface area contributed by atoms with E-state index in [1.165, 1.54) is 0 Å². The first-order valence-electron chi connectivity index (χ1n) is 4.50. The summed E-state index contributed by atoms with van der Waals surface area (Å²) in [5, 5.41) is -0.302. The standard InChI is InChI=1S/C10H19ClO2/c1-6-10(7-13-5,8(11)12)9(2,3)4/h6-7H2,1-5H3. The van der Waals surface area contributed by atoms with Crippen LogP contribution < -0.4 is 0 Å². The fraction of sp³-hybridized carbons (Fsp3) is 0.900. The molecule has 0 saturated heterocycles. The minimum atomic E-state index is -0.566. The van der Waals surface area contributed by atoms with Crippen molar-refractivity contribution in [2.75, 3.05) is 13.7 Å². The first-order chi connectivity index (χ1) is 5.81. The van der Waals surface area contributed by atoms with E-state index in [0.717, 1.165) is 0 Å². The van der Waals surface area contributed by atoms with Crippen molar-refractivity contribution >= 4 is 16.8 Å². The van der Waals surface area contributed by atoms with Gasteiger partial charge in [-0.1, -0.05) is 27.7 Å². The number of carbonyl (C=O) groups excluding carboxylic acids is 1. The van der Waals surface area contributed by atoms with Gasteiger partial charge in [0.05, 0.1) is 12.0 Å². The summed E-state index contributed by atoms with van der Waals surface area (Å²) >= 11 is 5.65. The molecule has 0 bridgehead atoms. The van der Waals surface area contributed by atoms with E-state index < -0.39 is 5.41 Å². The molecule has 13 heavy (non-hydrogen) atoms. The fourth-order valence-corrected chi connectivity index (χ4v) is 2.06. The number of hydrogen-bond acceptors (Lipinski definition) is 2. The summed E-state index contributed by atoms with van der Waals surface area (Å²) in [6, 6.07) is 0. The Morgan fingerprint density at radius 3 is 1.92 bits per heavy atom. The Morgan fingerprint density at radius 2 is 1.85 bits per heavy atom. The molecule has 78 valence electrons. The van der Waals surface area contributed by atoms with E-state index in [1.54, 1.807) is 7.11 Å². The minimum absolute atomic E-state index is 0.170. The summed E-state index contributed by atoms with van der Waals surface area (Å²) in [7, 11) is 1.59. The van der Waals surface area contributed by atoms with Crippen LogP contribution in [0.4, 0.5) is 0 Å². The number of ether oxygens (including phenoxy) is 1. The van der Waals surface area contributed by atoms with E-state index >= 15 is 0 Å². The highest BCUT2D eigenvalue weighted by atomic mass is 35.5. The van der Waals surface area contributed by atoms with Crippen molar-refractivity contribution in [2.45, 2.75) is 34.1 Å². The zero-order valence-corrected chi connectivity index (χ0v) is 9.86. The molecule has 0 aromatic heterocycles. The van der Waals surface area contributed by atoms with Crippen molar-refractivity contribution in [3.8, 4) is 0 Å². The Bertz CT molecular complexity index is 184. The van der Waals surface area contributed by atoms with E-state index in [1.807, 2.05) is 27.7 Å². The number of halogens is 1. The van der Waals surface area contributed by atoms with Gasteiger partial charge in [-0.3, -0.25) is 4.79 Å². The van der Waals surface area contributed by atoms with Crippen LogP contribution in [-0.2, 0) is 9.53 Å². The third kappa shape index (κ3) is 2.44. The average molecular weight is 207 g/mol. The molecule has 0 aromatic carbocycles. The fourth-order valence-electron chi connectivity index (χ4n) is 1.59. The molecule has 0 aromatic rings. The maximum Gasteiger partial charge on any atom is 0.230 e. The first-order valence-corrected chi connectivity index (χ1v) is 4.88. The SMILES string of the molecule is CCC(COC)(C(=O)Cl)C(C)(C)C. The Hall–Kier alpha value is -0.0800. The van der Waals surface area contributed by atoms with Crippen LogP contribution >= 0.6 is 11.6 Å². The predicted octanol–water partition coefficient (Wildman–Crippen LogP) is 2.84. The maximum atomic E-state index is 11.4. The lowest BCUT2D eigenvalue weighted by Gasteiger charge is -2.40. The summed E-state index contributed by atoms with van der Waals surface area (Å²) in [5.74, 6) is 0. The van der Waals surface area contributed by atoms with Gasteiger partial charge < -0.3 is 4.74 Å². The van der Waals surface area contributed by atoms with Crippen LogP contribution in [0.5, 0.6) is 0 Å². The van der Waals surface area contributed by atoms with Crippen molar-refractivity contribution in [1.82, 2.24) is 0 Å². The highest BCUT2D eigenvalue weighted by Gasteiger charge is 2.46. The number of rotatable bonds is 4. The van der Waals surface area contributed by atoms with Crippen molar-refractivity contribution in [3.05, 3.63) is 0 Å². The second-order valence-corrected chi connectivity index (χ2v) is 4.74. The monoisotopic (exact) mass is 206 g/mol. The second-order valence-electron chi connectivity index (χ2n) is 4.39. The smallest absolute Gasteiger partial charge is 0.230 e. The Morgan fingerprint density at radius 1 is 1.38 bits per heavy atom. The molecule has 3 heteroatoms. The maximum absolute atomic E-state index is 11.4. The van der Waals surface area contributed by atoms with Gasteiger partial charge in [-0.2, -0.15) is 0 Å². The van der Waals surface area contributed by atoms with Gasteiger partial charge in [-0.25, -0.2) is 0 Å². The molecule has 0 aliphatic rings. The Kier molecular flexibility index (Phi) is 4.40. The summed E-state index contributed by atoms with van der Waals surface area (Å²) < 4.78 is 5.08. The number of methoxy groups -OCH3 is 1. The van der Waals surface area contributed by atoms with Gasteiger partial charge in [-0.05, 0) is 23.4 Å². The van der Waals surface area contributed by atoms with Crippen LogP contribution in [0.3, 0.4) is 0 Å². The van der Waals surface area contributed by atoms with Gasteiger partial charge in [0.2, 0.25) is 5.24 Å². The molecule has 1 unspecified atom stereocenters. The Labute approximate surface area is 85.6 Å². The third-order valence-corrected chi connectivity index (χ3v) is 3.17. The van der Waals surface area contributed by atoms with Crippen LogP contribution in [-0.4, -0.2) is 19.0 Å². The van der Waals surface area contributed by atoms with E-state index in [9.17, 15) is 4.79 Å². The number of carbonyl (C=O) groups is 1. The highest BCUT2D eigenvalue weighted by Crippen LogP contribution is 2.43. The molecular formula is C10H19ClO2. The molecule has 0 saturated carbocycles. The lowest BCUT2D eigenvalue weighted by atomic mass is 9.66. The predicted molar refractivity (Wildman–Crippen MR) is 54.9 cm³/mol. The molecular weight excluding hydrogens is 188 g/mol. The minimum Gasteiger partial charge on any atom is -0.384 e. The molecule has 0 aliphatic heterocycles. The van der Waals surface area contributed by atoms with Gasteiger partial charge in [0, 0.05) is 7.11 Å². The topological polar surface area (TPSA) is 26.3 Å². The third-order valence-electron chi connectivity index (χ3n) is 2.81.